The van der Waals surface area contributed by atoms with E-state index in [4.69, 9.17) is 5.73 Å². The van der Waals surface area contributed by atoms with Crippen LogP contribution in [-0.4, -0.2) is 9.36 Å². The van der Waals surface area contributed by atoms with Crippen molar-refractivity contribution in [2.24, 2.45) is 0 Å². The van der Waals surface area contributed by atoms with Gasteiger partial charge in [0, 0.05) is 5.69 Å². The highest BCUT2D eigenvalue weighted by molar-refractivity contribution is 7.13. The van der Waals surface area contributed by atoms with E-state index in [0.717, 1.165) is 28.8 Å². The molecule has 0 atom stereocenters. The van der Waals surface area contributed by atoms with Crippen LogP contribution in [0.5, 0.6) is 0 Å². The Balaban J connectivity index is 2.49. The molecule has 1 aliphatic carbocycles. The summed E-state index contributed by atoms with van der Waals surface area (Å²) in [5.74, 6) is 0.663. The lowest BCUT2D eigenvalue weighted by Crippen LogP contribution is -1.94. The number of nitrogens with two attached hydrogens (primary N) is 1. The fourth-order valence-corrected chi connectivity index (χ4v) is 3.06. The summed E-state index contributed by atoms with van der Waals surface area (Å²) in [5.41, 5.74) is 9.83. The van der Waals surface area contributed by atoms with Crippen LogP contribution in [0, 0.1) is 6.92 Å². The highest BCUT2D eigenvalue weighted by Crippen LogP contribution is 2.35. The number of fused-ring (bicyclic) bond motifs is 3. The van der Waals surface area contributed by atoms with Gasteiger partial charge in [-0.2, -0.15) is 4.37 Å². The molecule has 3 rings (SSSR count). The second kappa shape index (κ2) is 2.67. The summed E-state index contributed by atoms with van der Waals surface area (Å²) in [5, 5.41) is 1.12. The molecule has 0 aromatic carbocycles. The third kappa shape index (κ3) is 0.917. The molecule has 2 aromatic heterocycles. The Bertz CT molecular complexity index is 516. The average molecular weight is 205 g/mol. The second-order valence-electron chi connectivity index (χ2n) is 3.76. The van der Waals surface area contributed by atoms with E-state index in [1.54, 1.807) is 0 Å². The number of rotatable bonds is 0. The van der Waals surface area contributed by atoms with E-state index in [-0.39, 0.29) is 0 Å². The molecule has 72 valence electrons. The number of nitrogens with zero attached hydrogens (tertiary/aromatic N) is 2. The van der Waals surface area contributed by atoms with Crippen LogP contribution in [0.25, 0.3) is 10.2 Å². The Kier molecular flexibility index (Phi) is 1.56. The van der Waals surface area contributed by atoms with Gasteiger partial charge >= 0.3 is 0 Å². The largest absolute Gasteiger partial charge is 0.382 e. The number of nitrogen functional groups attached to an aromatic ring is 1. The van der Waals surface area contributed by atoms with E-state index in [9.17, 15) is 0 Å². The zero-order valence-electron chi connectivity index (χ0n) is 8.00. The lowest BCUT2D eigenvalue weighted by atomic mass is 10.1. The van der Waals surface area contributed by atoms with Crippen LogP contribution in [0.15, 0.2) is 0 Å². The van der Waals surface area contributed by atoms with Crippen molar-refractivity contribution < 1.29 is 0 Å². The van der Waals surface area contributed by atoms with Gasteiger partial charge in [-0.05, 0) is 48.8 Å². The van der Waals surface area contributed by atoms with Crippen molar-refractivity contribution in [3.63, 3.8) is 0 Å². The van der Waals surface area contributed by atoms with Gasteiger partial charge in [-0.3, -0.25) is 0 Å². The van der Waals surface area contributed by atoms with Crippen molar-refractivity contribution >= 4 is 27.6 Å². The number of pyridine rings is 1. The normalized spacial score (nSPS) is 14.9. The molecule has 0 spiro atoms. The SMILES string of the molecule is Cc1nc2snc(N)c2c2c1CCC2. The highest BCUT2D eigenvalue weighted by atomic mass is 32.1. The van der Waals surface area contributed by atoms with E-state index in [2.05, 4.69) is 16.3 Å². The number of hydrogen-bond acceptors (Lipinski definition) is 4. The van der Waals surface area contributed by atoms with Gasteiger partial charge in [-0.1, -0.05) is 0 Å². The number of hydrogen-bond donors (Lipinski definition) is 1. The molecule has 0 unspecified atom stereocenters. The summed E-state index contributed by atoms with van der Waals surface area (Å²) in [6.45, 7) is 2.08. The Labute approximate surface area is 86.1 Å². The number of aromatic nitrogens is 2. The van der Waals surface area contributed by atoms with Crippen molar-refractivity contribution in [2.75, 3.05) is 5.73 Å². The van der Waals surface area contributed by atoms with Gasteiger partial charge in [0.1, 0.15) is 10.6 Å². The first kappa shape index (κ1) is 8.17. The molecule has 4 heteroatoms. The molecule has 0 fully saturated rings. The maximum Gasteiger partial charge on any atom is 0.146 e. The van der Waals surface area contributed by atoms with Crippen molar-refractivity contribution in [1.29, 1.82) is 0 Å². The molecule has 0 saturated carbocycles. The minimum Gasteiger partial charge on any atom is -0.382 e. The molecule has 0 saturated heterocycles. The minimum atomic E-state index is 0.663. The first-order valence-electron chi connectivity index (χ1n) is 4.80. The van der Waals surface area contributed by atoms with Gasteiger partial charge in [0.15, 0.2) is 0 Å². The summed E-state index contributed by atoms with van der Waals surface area (Å²) in [6.07, 6.45) is 3.52. The van der Waals surface area contributed by atoms with Gasteiger partial charge in [0.25, 0.3) is 0 Å². The molecule has 0 radical (unpaired) electrons. The van der Waals surface area contributed by atoms with Crippen LogP contribution in [-0.2, 0) is 12.8 Å². The smallest absolute Gasteiger partial charge is 0.146 e. The summed E-state index contributed by atoms with van der Waals surface area (Å²) < 4.78 is 4.17. The number of anilines is 1. The van der Waals surface area contributed by atoms with E-state index < -0.39 is 0 Å². The summed E-state index contributed by atoms with van der Waals surface area (Å²) >= 11 is 1.41. The molecule has 2 heterocycles. The maximum absolute atomic E-state index is 5.86. The van der Waals surface area contributed by atoms with Crippen molar-refractivity contribution in [3.05, 3.63) is 16.8 Å². The standard InChI is InChI=1S/C10H11N3S/c1-5-6-3-2-4-7(6)8-9(11)13-14-10(8)12-5/h2-4H2,1H3,(H2,11,13). The quantitative estimate of drug-likeness (QED) is 0.716. The molecule has 0 aliphatic heterocycles. The number of aryl methyl sites for hydroxylation is 2. The van der Waals surface area contributed by atoms with Crippen molar-refractivity contribution in [1.82, 2.24) is 9.36 Å². The summed E-state index contributed by atoms with van der Waals surface area (Å²) in [6, 6.07) is 0. The molecule has 2 N–H and O–H groups in total. The first-order valence-corrected chi connectivity index (χ1v) is 5.58. The molecule has 2 aromatic rings. The topological polar surface area (TPSA) is 51.8 Å². The summed E-state index contributed by atoms with van der Waals surface area (Å²) in [7, 11) is 0. The van der Waals surface area contributed by atoms with Crippen LogP contribution in [0.3, 0.4) is 0 Å². The molecular weight excluding hydrogens is 194 g/mol. The van der Waals surface area contributed by atoms with E-state index >= 15 is 0 Å². The zero-order chi connectivity index (χ0) is 9.71. The molecular formula is C10H11N3S. The lowest BCUT2D eigenvalue weighted by molar-refractivity contribution is 0.908. The van der Waals surface area contributed by atoms with Gasteiger partial charge in [0.05, 0.1) is 5.39 Å². The molecule has 1 aliphatic rings. The molecule has 0 bridgehead atoms. The lowest BCUT2D eigenvalue weighted by Gasteiger charge is -2.04. The average Bonchev–Trinajstić information content (AvgIpc) is 2.72. The van der Waals surface area contributed by atoms with Gasteiger partial charge in [-0.15, -0.1) is 0 Å². The Hall–Kier alpha value is -1.16. The van der Waals surface area contributed by atoms with Crippen LogP contribution in [0.2, 0.25) is 0 Å². The van der Waals surface area contributed by atoms with E-state index in [1.165, 1.54) is 29.1 Å². The van der Waals surface area contributed by atoms with Gasteiger partial charge < -0.3 is 5.73 Å². The highest BCUT2D eigenvalue weighted by Gasteiger charge is 2.20. The minimum absolute atomic E-state index is 0.663. The third-order valence-electron chi connectivity index (χ3n) is 2.93. The third-order valence-corrected chi connectivity index (χ3v) is 3.68. The molecule has 0 amide bonds. The predicted molar refractivity (Wildman–Crippen MR) is 58.6 cm³/mol. The van der Waals surface area contributed by atoms with Crippen LogP contribution in [0.1, 0.15) is 23.2 Å². The van der Waals surface area contributed by atoms with E-state index in [1.807, 2.05) is 0 Å². The molecule has 14 heavy (non-hydrogen) atoms. The molecule has 3 nitrogen and oxygen atoms in total. The Morgan fingerprint density at radius 2 is 2.07 bits per heavy atom. The maximum atomic E-state index is 5.86. The predicted octanol–water partition coefficient (Wildman–Crippen LogP) is 2.07. The van der Waals surface area contributed by atoms with Gasteiger partial charge in [-0.25, -0.2) is 4.98 Å². The van der Waals surface area contributed by atoms with Gasteiger partial charge in [0.2, 0.25) is 0 Å². The monoisotopic (exact) mass is 205 g/mol. The van der Waals surface area contributed by atoms with Crippen molar-refractivity contribution in [2.45, 2.75) is 26.2 Å². The fraction of sp³-hybridized carbons (Fsp3) is 0.400. The first-order chi connectivity index (χ1) is 6.77. The Morgan fingerprint density at radius 3 is 2.93 bits per heavy atom. The fourth-order valence-electron chi connectivity index (χ4n) is 2.29. The van der Waals surface area contributed by atoms with Crippen LogP contribution in [0.4, 0.5) is 5.82 Å². The second-order valence-corrected chi connectivity index (χ2v) is 4.51. The Morgan fingerprint density at radius 1 is 1.29 bits per heavy atom. The van der Waals surface area contributed by atoms with Crippen molar-refractivity contribution in [3.8, 4) is 0 Å². The van der Waals surface area contributed by atoms with E-state index in [0.29, 0.717) is 5.82 Å². The van der Waals surface area contributed by atoms with Crippen LogP contribution < -0.4 is 5.73 Å². The zero-order valence-corrected chi connectivity index (χ0v) is 8.82. The summed E-state index contributed by atoms with van der Waals surface area (Å²) in [4.78, 5) is 5.54. The van der Waals surface area contributed by atoms with Crippen LogP contribution >= 0.6 is 11.5 Å².